The molecule has 2 rings (SSSR count). The maximum Gasteiger partial charge on any atom is 0.323 e. The average molecular weight is 410 g/mol. The maximum absolute atomic E-state index is 12.6. The molecule has 0 aromatic heterocycles. The van der Waals surface area contributed by atoms with Crippen LogP contribution in [0.2, 0.25) is 0 Å². The Hall–Kier alpha value is -2.43. The number of esters is 1. The van der Waals surface area contributed by atoms with Crippen LogP contribution < -0.4 is 5.32 Å². The van der Waals surface area contributed by atoms with Crippen molar-refractivity contribution in [3.05, 3.63) is 83.9 Å². The van der Waals surface area contributed by atoms with Gasteiger partial charge in [-0.2, -0.15) is 0 Å². The minimum absolute atomic E-state index is 0.0338. The zero-order valence-electron chi connectivity index (χ0n) is 18.4. The summed E-state index contributed by atoms with van der Waals surface area (Å²) in [6.45, 7) is 7.19. The van der Waals surface area contributed by atoms with E-state index in [0.717, 1.165) is 24.0 Å². The second-order valence-electron chi connectivity index (χ2n) is 7.54. The Kier molecular flexibility index (Phi) is 10.9. The van der Waals surface area contributed by atoms with Crippen LogP contribution in [0.1, 0.15) is 57.2 Å². The van der Waals surface area contributed by atoms with Crippen molar-refractivity contribution in [2.24, 2.45) is 0 Å². The Labute approximate surface area is 181 Å². The maximum atomic E-state index is 12.6. The molecule has 3 atom stereocenters. The molecule has 4 nitrogen and oxygen atoms in total. The summed E-state index contributed by atoms with van der Waals surface area (Å²) in [5, 5.41) is 3.42. The smallest absolute Gasteiger partial charge is 0.323 e. The zero-order chi connectivity index (χ0) is 21.6. The van der Waals surface area contributed by atoms with Crippen molar-refractivity contribution in [1.82, 2.24) is 5.32 Å². The number of hydrogen-bond donors (Lipinski definition) is 1. The van der Waals surface area contributed by atoms with Gasteiger partial charge < -0.3 is 9.47 Å². The summed E-state index contributed by atoms with van der Waals surface area (Å²) in [5.74, 6) is -0.200. The summed E-state index contributed by atoms with van der Waals surface area (Å²) >= 11 is 0. The molecule has 0 saturated carbocycles. The van der Waals surface area contributed by atoms with Crippen LogP contribution in [0.15, 0.2) is 72.8 Å². The summed E-state index contributed by atoms with van der Waals surface area (Å²) in [6.07, 6.45) is 6.42. The SMILES string of the molecule is CCCCOC(=O)[C@@H](C/C=C/[C@H](C)OCc1ccccc1)N[C@H](C)c1ccccc1. The van der Waals surface area contributed by atoms with Gasteiger partial charge in [0.15, 0.2) is 0 Å². The third-order valence-electron chi connectivity index (χ3n) is 4.91. The van der Waals surface area contributed by atoms with E-state index < -0.39 is 6.04 Å². The predicted molar refractivity (Wildman–Crippen MR) is 122 cm³/mol. The van der Waals surface area contributed by atoms with Gasteiger partial charge in [0.05, 0.1) is 19.3 Å². The van der Waals surface area contributed by atoms with Crippen LogP contribution in [-0.4, -0.2) is 24.7 Å². The van der Waals surface area contributed by atoms with E-state index in [9.17, 15) is 4.79 Å². The minimum atomic E-state index is -0.394. The Morgan fingerprint density at radius 1 is 1.03 bits per heavy atom. The van der Waals surface area contributed by atoms with E-state index in [-0.39, 0.29) is 18.1 Å². The number of carbonyl (C=O) groups excluding carboxylic acids is 1. The second-order valence-corrected chi connectivity index (χ2v) is 7.54. The van der Waals surface area contributed by atoms with Gasteiger partial charge in [0.1, 0.15) is 6.04 Å². The highest BCUT2D eigenvalue weighted by Gasteiger charge is 2.21. The normalized spacial score (nSPS) is 14.4. The fraction of sp³-hybridized carbons (Fsp3) is 0.423. The molecule has 0 fully saturated rings. The predicted octanol–water partition coefficient (Wildman–Crippen LogP) is 5.60. The molecule has 162 valence electrons. The van der Waals surface area contributed by atoms with Gasteiger partial charge in [-0.05, 0) is 37.8 Å². The first kappa shape index (κ1) is 23.8. The standard InChI is InChI=1S/C26H35NO3/c1-4-5-19-29-26(28)25(27-22(3)24-16-10-7-11-17-24)18-12-13-21(2)30-20-23-14-8-6-9-15-23/h6-17,21-22,25,27H,4-5,18-20H2,1-3H3/b13-12+/t21-,22+,25+/m0/s1. The van der Waals surface area contributed by atoms with Crippen molar-refractivity contribution >= 4 is 5.97 Å². The van der Waals surface area contributed by atoms with Gasteiger partial charge in [-0.25, -0.2) is 0 Å². The Morgan fingerprint density at radius 3 is 2.37 bits per heavy atom. The fourth-order valence-corrected chi connectivity index (χ4v) is 3.05. The number of unbranched alkanes of at least 4 members (excludes halogenated alkanes) is 1. The third-order valence-corrected chi connectivity index (χ3v) is 4.91. The number of ether oxygens (including phenoxy) is 2. The van der Waals surface area contributed by atoms with Crippen LogP contribution in [0.25, 0.3) is 0 Å². The number of rotatable bonds is 13. The summed E-state index contributed by atoms with van der Waals surface area (Å²) in [4.78, 5) is 12.6. The first-order valence-electron chi connectivity index (χ1n) is 10.9. The Bertz CT molecular complexity index is 745. The molecular weight excluding hydrogens is 374 g/mol. The van der Waals surface area contributed by atoms with Crippen LogP contribution in [0.4, 0.5) is 0 Å². The molecular formula is C26H35NO3. The number of nitrogens with one attached hydrogen (secondary N) is 1. The quantitative estimate of drug-likeness (QED) is 0.266. The molecule has 0 aliphatic carbocycles. The highest BCUT2D eigenvalue weighted by molar-refractivity contribution is 5.76. The molecule has 0 unspecified atom stereocenters. The van der Waals surface area contributed by atoms with Crippen molar-refractivity contribution in [3.63, 3.8) is 0 Å². The van der Waals surface area contributed by atoms with Gasteiger partial charge >= 0.3 is 5.97 Å². The highest BCUT2D eigenvalue weighted by atomic mass is 16.5. The molecule has 2 aromatic rings. The van der Waals surface area contributed by atoms with Crippen LogP contribution in [0.3, 0.4) is 0 Å². The summed E-state index contributed by atoms with van der Waals surface area (Å²) in [6, 6.07) is 19.9. The van der Waals surface area contributed by atoms with E-state index in [0.29, 0.717) is 19.6 Å². The first-order valence-corrected chi connectivity index (χ1v) is 10.9. The van der Waals surface area contributed by atoms with E-state index in [1.165, 1.54) is 0 Å². The monoisotopic (exact) mass is 409 g/mol. The van der Waals surface area contributed by atoms with Crippen molar-refractivity contribution in [2.75, 3.05) is 6.61 Å². The lowest BCUT2D eigenvalue weighted by Crippen LogP contribution is -2.39. The van der Waals surface area contributed by atoms with Gasteiger partial charge in [0, 0.05) is 6.04 Å². The van der Waals surface area contributed by atoms with E-state index >= 15 is 0 Å². The average Bonchev–Trinajstić information content (AvgIpc) is 2.78. The molecule has 1 N–H and O–H groups in total. The van der Waals surface area contributed by atoms with Gasteiger partial charge in [0.2, 0.25) is 0 Å². The zero-order valence-corrected chi connectivity index (χ0v) is 18.4. The van der Waals surface area contributed by atoms with E-state index in [2.05, 4.69) is 31.3 Å². The Balaban J connectivity index is 1.90. The molecule has 0 bridgehead atoms. The van der Waals surface area contributed by atoms with Crippen molar-refractivity contribution in [1.29, 1.82) is 0 Å². The van der Waals surface area contributed by atoms with Gasteiger partial charge in [-0.1, -0.05) is 86.2 Å². The molecule has 0 aliphatic rings. The molecule has 30 heavy (non-hydrogen) atoms. The summed E-state index contributed by atoms with van der Waals surface area (Å²) < 4.78 is 11.4. The van der Waals surface area contributed by atoms with E-state index in [1.807, 2.05) is 67.6 Å². The van der Waals surface area contributed by atoms with E-state index in [1.54, 1.807) is 0 Å². The number of carbonyl (C=O) groups is 1. The fourth-order valence-electron chi connectivity index (χ4n) is 3.05. The summed E-state index contributed by atoms with van der Waals surface area (Å²) in [5.41, 5.74) is 2.29. The highest BCUT2D eigenvalue weighted by Crippen LogP contribution is 2.14. The molecule has 0 heterocycles. The molecule has 0 saturated heterocycles. The van der Waals surface area contributed by atoms with Crippen molar-refractivity contribution in [3.8, 4) is 0 Å². The van der Waals surface area contributed by atoms with Crippen LogP contribution in [-0.2, 0) is 20.9 Å². The van der Waals surface area contributed by atoms with Crippen molar-refractivity contribution < 1.29 is 14.3 Å². The lowest BCUT2D eigenvalue weighted by atomic mass is 10.1. The van der Waals surface area contributed by atoms with Gasteiger partial charge in [0.25, 0.3) is 0 Å². The Morgan fingerprint density at radius 2 is 1.70 bits per heavy atom. The van der Waals surface area contributed by atoms with Crippen molar-refractivity contribution in [2.45, 2.75) is 64.8 Å². The lowest BCUT2D eigenvalue weighted by Gasteiger charge is -2.22. The minimum Gasteiger partial charge on any atom is -0.465 e. The number of benzene rings is 2. The number of hydrogen-bond acceptors (Lipinski definition) is 4. The molecule has 0 spiro atoms. The molecule has 0 aliphatic heterocycles. The second kappa shape index (κ2) is 13.7. The molecule has 4 heteroatoms. The van der Waals surface area contributed by atoms with Gasteiger partial charge in [-0.3, -0.25) is 10.1 Å². The third kappa shape index (κ3) is 8.93. The molecule has 2 aromatic carbocycles. The van der Waals surface area contributed by atoms with Crippen LogP contribution >= 0.6 is 0 Å². The lowest BCUT2D eigenvalue weighted by molar-refractivity contribution is -0.146. The molecule has 0 amide bonds. The van der Waals surface area contributed by atoms with E-state index in [4.69, 9.17) is 9.47 Å². The molecule has 0 radical (unpaired) electrons. The van der Waals surface area contributed by atoms with Gasteiger partial charge in [-0.15, -0.1) is 0 Å². The van der Waals surface area contributed by atoms with Crippen LogP contribution in [0.5, 0.6) is 0 Å². The topological polar surface area (TPSA) is 47.6 Å². The largest absolute Gasteiger partial charge is 0.465 e. The first-order chi connectivity index (χ1) is 14.6. The van der Waals surface area contributed by atoms with Crippen LogP contribution in [0, 0.1) is 0 Å². The summed E-state index contributed by atoms with van der Waals surface area (Å²) in [7, 11) is 0.